The van der Waals surface area contributed by atoms with Crippen LogP contribution < -0.4 is 10.5 Å². The third-order valence-electron chi connectivity index (χ3n) is 2.16. The van der Waals surface area contributed by atoms with Crippen LogP contribution in [0.1, 0.15) is 18.1 Å². The number of hydrogen-bond acceptors (Lipinski definition) is 3. The van der Waals surface area contributed by atoms with Crippen LogP contribution >= 0.6 is 0 Å². The molecule has 0 bridgehead atoms. The number of fused-ring (bicyclic) bond motifs is 1. The van der Waals surface area contributed by atoms with Crippen LogP contribution in [0.2, 0.25) is 0 Å². The number of amidine groups is 1. The second-order valence-corrected chi connectivity index (χ2v) is 4.66. The highest BCUT2D eigenvalue weighted by atomic mass is 32.2. The molecule has 0 unspecified atom stereocenters. The van der Waals surface area contributed by atoms with E-state index in [0.717, 1.165) is 5.56 Å². The fraction of sp³-hybridized carbons (Fsp3) is 0.100. The molecule has 0 saturated carbocycles. The van der Waals surface area contributed by atoms with Crippen molar-refractivity contribution in [3.8, 4) is 0 Å². The Hall–Kier alpha value is -1.82. The molecule has 0 fully saturated rings. The smallest absolute Gasteiger partial charge is 0.344 e. The number of nitrogens with zero attached hydrogens (tertiary/aromatic N) is 1. The van der Waals surface area contributed by atoms with Gasteiger partial charge in [0.05, 0.1) is 5.69 Å². The van der Waals surface area contributed by atoms with Crippen molar-refractivity contribution >= 4 is 27.8 Å². The van der Waals surface area contributed by atoms with Gasteiger partial charge in [-0.15, -0.1) is 4.40 Å². The maximum Gasteiger partial charge on any atom is 0.344 e. The molecular weight excluding hydrogens is 226 g/mol. The van der Waals surface area contributed by atoms with Crippen LogP contribution in [-0.2, 0) is 10.2 Å². The Morgan fingerprint density at radius 2 is 2.19 bits per heavy atom. The Labute approximate surface area is 93.9 Å². The first-order chi connectivity index (χ1) is 7.53. The van der Waals surface area contributed by atoms with Crippen molar-refractivity contribution < 1.29 is 8.42 Å². The monoisotopic (exact) mass is 237 g/mol. The molecule has 0 amide bonds. The largest absolute Gasteiger partial charge is 0.382 e. The van der Waals surface area contributed by atoms with E-state index in [2.05, 4.69) is 9.12 Å². The van der Waals surface area contributed by atoms with Gasteiger partial charge in [-0.05, 0) is 18.6 Å². The summed E-state index contributed by atoms with van der Waals surface area (Å²) < 4.78 is 28.3. The third-order valence-corrected chi connectivity index (χ3v) is 3.07. The maximum absolute atomic E-state index is 11.3. The van der Waals surface area contributed by atoms with Gasteiger partial charge in [0.2, 0.25) is 0 Å². The number of rotatable bonds is 1. The molecule has 0 aliphatic carbocycles. The van der Waals surface area contributed by atoms with Crippen LogP contribution in [0.3, 0.4) is 0 Å². The maximum atomic E-state index is 11.3. The van der Waals surface area contributed by atoms with Gasteiger partial charge in [-0.2, -0.15) is 8.42 Å². The zero-order valence-corrected chi connectivity index (χ0v) is 9.45. The minimum Gasteiger partial charge on any atom is -0.382 e. The highest BCUT2D eigenvalue weighted by molar-refractivity contribution is 7.91. The summed E-state index contributed by atoms with van der Waals surface area (Å²) in [5.41, 5.74) is 7.57. The zero-order valence-electron chi connectivity index (χ0n) is 8.64. The Morgan fingerprint density at radius 3 is 2.88 bits per heavy atom. The van der Waals surface area contributed by atoms with Crippen molar-refractivity contribution in [2.75, 3.05) is 4.72 Å². The molecule has 2 rings (SSSR count). The van der Waals surface area contributed by atoms with E-state index in [4.69, 9.17) is 5.73 Å². The summed E-state index contributed by atoms with van der Waals surface area (Å²) in [7, 11) is -3.69. The van der Waals surface area contributed by atoms with E-state index >= 15 is 0 Å². The number of anilines is 1. The number of benzene rings is 1. The number of hydrogen-bond donors (Lipinski definition) is 2. The molecule has 5 nitrogen and oxygen atoms in total. The predicted molar refractivity (Wildman–Crippen MR) is 64.4 cm³/mol. The molecule has 84 valence electrons. The summed E-state index contributed by atoms with van der Waals surface area (Å²) in [6.45, 7) is 1.87. The van der Waals surface area contributed by atoms with Crippen LogP contribution in [0.5, 0.6) is 0 Å². The van der Waals surface area contributed by atoms with Crippen molar-refractivity contribution in [3.05, 3.63) is 35.4 Å². The Kier molecular flexibility index (Phi) is 2.43. The van der Waals surface area contributed by atoms with Gasteiger partial charge in [0.15, 0.2) is 0 Å². The van der Waals surface area contributed by atoms with Crippen molar-refractivity contribution in [3.63, 3.8) is 0 Å². The van der Waals surface area contributed by atoms with Crippen molar-refractivity contribution in [2.24, 2.45) is 10.1 Å². The van der Waals surface area contributed by atoms with Gasteiger partial charge in [0, 0.05) is 5.56 Å². The second kappa shape index (κ2) is 3.64. The molecule has 1 aliphatic heterocycles. The van der Waals surface area contributed by atoms with Crippen LogP contribution in [0, 0.1) is 0 Å². The second-order valence-electron chi connectivity index (χ2n) is 3.32. The zero-order chi connectivity index (χ0) is 11.8. The van der Waals surface area contributed by atoms with E-state index in [9.17, 15) is 8.42 Å². The van der Waals surface area contributed by atoms with Crippen LogP contribution in [0.4, 0.5) is 5.69 Å². The molecular formula is C10H11N3O2S. The lowest BCUT2D eigenvalue weighted by Gasteiger charge is -2.17. The van der Waals surface area contributed by atoms with Gasteiger partial charge in [-0.25, -0.2) is 0 Å². The standard InChI is InChI=1S/C10H11N3O2S/c1-2-4-7-5-3-6-8-9(7)10(11)13-16(14,15)12-8/h2-6,12H,1H3,(H2,11,13)/b4-2+. The van der Waals surface area contributed by atoms with E-state index < -0.39 is 10.2 Å². The molecule has 1 heterocycles. The number of nitrogens with one attached hydrogen (secondary N) is 1. The molecule has 1 aromatic rings. The first-order valence-electron chi connectivity index (χ1n) is 4.68. The molecule has 0 radical (unpaired) electrons. The topological polar surface area (TPSA) is 84.5 Å². The highest BCUT2D eigenvalue weighted by Gasteiger charge is 2.22. The number of allylic oxidation sites excluding steroid dienone is 1. The van der Waals surface area contributed by atoms with Crippen molar-refractivity contribution in [1.29, 1.82) is 0 Å². The average molecular weight is 237 g/mol. The Morgan fingerprint density at radius 1 is 1.44 bits per heavy atom. The lowest BCUT2D eigenvalue weighted by Crippen LogP contribution is -2.27. The van der Waals surface area contributed by atoms with Crippen molar-refractivity contribution in [1.82, 2.24) is 0 Å². The molecule has 0 atom stereocenters. The van der Waals surface area contributed by atoms with E-state index in [1.165, 1.54) is 0 Å². The first-order valence-corrected chi connectivity index (χ1v) is 6.12. The van der Waals surface area contributed by atoms with Gasteiger partial charge in [0.25, 0.3) is 0 Å². The third kappa shape index (κ3) is 1.79. The summed E-state index contributed by atoms with van der Waals surface area (Å²) >= 11 is 0. The van der Waals surface area contributed by atoms with Gasteiger partial charge < -0.3 is 5.73 Å². The van der Waals surface area contributed by atoms with Crippen LogP contribution in [-0.4, -0.2) is 14.3 Å². The summed E-state index contributed by atoms with van der Waals surface area (Å²) in [5.74, 6) is 0.0162. The van der Waals surface area contributed by atoms with E-state index in [0.29, 0.717) is 11.3 Å². The molecule has 0 saturated heterocycles. The normalized spacial score (nSPS) is 17.7. The summed E-state index contributed by atoms with van der Waals surface area (Å²) in [6.07, 6.45) is 3.70. The van der Waals surface area contributed by atoms with Gasteiger partial charge in [-0.1, -0.05) is 24.3 Å². The molecule has 1 aromatic carbocycles. The lowest BCUT2D eigenvalue weighted by atomic mass is 10.0. The predicted octanol–water partition coefficient (Wildman–Crippen LogP) is 1.10. The minimum absolute atomic E-state index is 0.0162. The molecule has 0 spiro atoms. The average Bonchev–Trinajstić information content (AvgIpc) is 2.15. The van der Waals surface area contributed by atoms with E-state index in [1.54, 1.807) is 12.1 Å². The van der Waals surface area contributed by atoms with E-state index in [-0.39, 0.29) is 5.84 Å². The minimum atomic E-state index is -3.69. The molecule has 16 heavy (non-hydrogen) atoms. The Bertz CT molecular complexity index is 588. The quantitative estimate of drug-likeness (QED) is 0.766. The first kappa shape index (κ1) is 10.7. The van der Waals surface area contributed by atoms with Gasteiger partial charge >= 0.3 is 10.2 Å². The van der Waals surface area contributed by atoms with E-state index in [1.807, 2.05) is 25.1 Å². The van der Waals surface area contributed by atoms with Gasteiger partial charge in [0.1, 0.15) is 5.84 Å². The number of nitrogens with two attached hydrogens (primary N) is 1. The van der Waals surface area contributed by atoms with Crippen LogP contribution in [0.25, 0.3) is 6.08 Å². The molecule has 3 N–H and O–H groups in total. The molecule has 6 heteroatoms. The molecule has 1 aliphatic rings. The fourth-order valence-electron chi connectivity index (χ4n) is 1.60. The SMILES string of the molecule is C/C=C/c1cccc2c1C(N)=NS(=O)(=O)N2. The molecule has 0 aromatic heterocycles. The van der Waals surface area contributed by atoms with Gasteiger partial charge in [-0.3, -0.25) is 4.72 Å². The summed E-state index contributed by atoms with van der Waals surface area (Å²) in [5, 5.41) is 0. The summed E-state index contributed by atoms with van der Waals surface area (Å²) in [4.78, 5) is 0. The van der Waals surface area contributed by atoms with Crippen molar-refractivity contribution in [2.45, 2.75) is 6.92 Å². The van der Waals surface area contributed by atoms with Crippen LogP contribution in [0.15, 0.2) is 28.7 Å². The summed E-state index contributed by atoms with van der Waals surface area (Å²) in [6, 6.07) is 5.26. The highest BCUT2D eigenvalue weighted by Crippen LogP contribution is 2.25. The fourth-order valence-corrected chi connectivity index (χ4v) is 2.44. The Balaban J connectivity index is 2.70. The lowest BCUT2D eigenvalue weighted by molar-refractivity contribution is 0.602.